The van der Waals surface area contributed by atoms with Gasteiger partial charge in [0.1, 0.15) is 0 Å². The maximum Gasteiger partial charge on any atom is 0.0847 e. The molecule has 0 saturated heterocycles. The quantitative estimate of drug-likeness (QED) is 0.710. The van der Waals surface area contributed by atoms with Crippen molar-refractivity contribution in [2.45, 2.75) is 46.1 Å². The molecular weight excluding hydrogens is 262 g/mol. The van der Waals surface area contributed by atoms with Crippen molar-refractivity contribution in [2.75, 3.05) is 19.8 Å². The van der Waals surface area contributed by atoms with Crippen molar-refractivity contribution in [2.24, 2.45) is 7.05 Å². The Balaban J connectivity index is 2.56. The Hall–Kier alpha value is -0.580. The number of nitrogens with zero attached hydrogens (tertiary/aromatic N) is 2. The summed E-state index contributed by atoms with van der Waals surface area (Å²) in [5.74, 6) is 0. The van der Waals surface area contributed by atoms with Crippen molar-refractivity contribution in [3.05, 3.63) is 16.4 Å². The van der Waals surface area contributed by atoms with Crippen LogP contribution in [0.25, 0.3) is 0 Å². The Kier molecular flexibility index (Phi) is 7.42. The van der Waals surface area contributed by atoms with Gasteiger partial charge >= 0.3 is 0 Å². The van der Waals surface area contributed by atoms with Crippen LogP contribution in [0.3, 0.4) is 0 Å². The third kappa shape index (κ3) is 5.13. The molecule has 0 aromatic carbocycles. The second-order valence-electron chi connectivity index (χ2n) is 4.77. The highest BCUT2D eigenvalue weighted by Crippen LogP contribution is 2.21. The molecule has 1 heterocycles. The lowest BCUT2D eigenvalue weighted by Crippen LogP contribution is -2.32. The van der Waals surface area contributed by atoms with Gasteiger partial charge < -0.3 is 10.1 Å². The van der Waals surface area contributed by atoms with E-state index < -0.39 is 0 Å². The third-order valence-corrected chi connectivity index (χ3v) is 3.73. The van der Waals surface area contributed by atoms with Crippen molar-refractivity contribution in [1.29, 1.82) is 0 Å². The first kappa shape index (κ1) is 16.5. The minimum absolute atomic E-state index is 0.428. The molecule has 0 aliphatic carbocycles. The zero-order valence-corrected chi connectivity index (χ0v) is 13.3. The molecular formula is C14H26ClN3O. The molecule has 19 heavy (non-hydrogen) atoms. The molecule has 1 unspecified atom stereocenters. The molecule has 0 fully saturated rings. The fraction of sp³-hybridized carbons (Fsp3) is 0.786. The number of rotatable bonds is 9. The molecule has 1 atom stereocenters. The Morgan fingerprint density at radius 3 is 2.68 bits per heavy atom. The first-order valence-electron chi connectivity index (χ1n) is 7.09. The third-order valence-electron chi connectivity index (χ3n) is 3.24. The van der Waals surface area contributed by atoms with Gasteiger partial charge in [-0.25, -0.2) is 0 Å². The minimum atomic E-state index is 0.428. The molecule has 1 rings (SSSR count). The maximum absolute atomic E-state index is 6.31. The van der Waals surface area contributed by atoms with E-state index in [2.05, 4.69) is 17.3 Å². The van der Waals surface area contributed by atoms with Gasteiger partial charge in [-0.05, 0) is 33.2 Å². The Morgan fingerprint density at radius 2 is 2.16 bits per heavy atom. The highest BCUT2D eigenvalue weighted by Gasteiger charge is 2.16. The summed E-state index contributed by atoms with van der Waals surface area (Å²) in [5.41, 5.74) is 2.02. The second kappa shape index (κ2) is 8.56. The van der Waals surface area contributed by atoms with E-state index in [4.69, 9.17) is 16.3 Å². The lowest BCUT2D eigenvalue weighted by molar-refractivity contribution is 0.140. The molecule has 0 aliphatic rings. The Labute approximate surface area is 121 Å². The SMILES string of the molecule is CCNC(CCCOCC)Cc1c(Cl)c(C)nn1C. The highest BCUT2D eigenvalue weighted by molar-refractivity contribution is 6.31. The van der Waals surface area contributed by atoms with Crippen LogP contribution in [0.2, 0.25) is 5.02 Å². The summed E-state index contributed by atoms with van der Waals surface area (Å²) < 4.78 is 7.29. The normalized spacial score (nSPS) is 12.9. The van der Waals surface area contributed by atoms with E-state index in [1.165, 1.54) is 0 Å². The van der Waals surface area contributed by atoms with Gasteiger partial charge in [0.25, 0.3) is 0 Å². The molecule has 0 aliphatic heterocycles. The summed E-state index contributed by atoms with van der Waals surface area (Å²) in [6.45, 7) is 8.69. The van der Waals surface area contributed by atoms with E-state index in [1.54, 1.807) is 0 Å². The number of ether oxygens (including phenoxy) is 1. The van der Waals surface area contributed by atoms with Crippen molar-refractivity contribution in [3.8, 4) is 0 Å². The van der Waals surface area contributed by atoms with Gasteiger partial charge in [0.15, 0.2) is 0 Å². The minimum Gasteiger partial charge on any atom is -0.382 e. The smallest absolute Gasteiger partial charge is 0.0847 e. The lowest BCUT2D eigenvalue weighted by atomic mass is 10.1. The second-order valence-corrected chi connectivity index (χ2v) is 5.15. The Bertz CT molecular complexity index is 379. The summed E-state index contributed by atoms with van der Waals surface area (Å²) in [5, 5.41) is 8.68. The predicted molar refractivity (Wildman–Crippen MR) is 79.9 cm³/mol. The van der Waals surface area contributed by atoms with E-state index >= 15 is 0 Å². The number of nitrogens with one attached hydrogen (secondary N) is 1. The van der Waals surface area contributed by atoms with Gasteiger partial charge in [-0.15, -0.1) is 0 Å². The van der Waals surface area contributed by atoms with Gasteiger partial charge in [-0.1, -0.05) is 18.5 Å². The summed E-state index contributed by atoms with van der Waals surface area (Å²) in [6, 6.07) is 0.428. The van der Waals surface area contributed by atoms with Crippen LogP contribution < -0.4 is 5.32 Å². The van der Waals surface area contributed by atoms with Crippen molar-refractivity contribution >= 4 is 11.6 Å². The molecule has 1 N–H and O–H groups in total. The van der Waals surface area contributed by atoms with Crippen LogP contribution in [0.5, 0.6) is 0 Å². The van der Waals surface area contributed by atoms with Crippen LogP contribution in [-0.2, 0) is 18.2 Å². The molecule has 4 nitrogen and oxygen atoms in total. The summed E-state index contributed by atoms with van der Waals surface area (Å²) >= 11 is 6.31. The van der Waals surface area contributed by atoms with E-state index in [-0.39, 0.29) is 0 Å². The standard InChI is InChI=1S/C14H26ClN3O/c1-5-16-12(8-7-9-19-6-2)10-13-14(15)11(3)17-18(13)4/h12,16H,5-10H2,1-4H3. The number of likely N-dealkylation sites (N-methyl/N-ethyl adjacent to an activating group) is 1. The first-order valence-corrected chi connectivity index (χ1v) is 7.47. The summed E-state index contributed by atoms with van der Waals surface area (Å²) in [7, 11) is 1.96. The van der Waals surface area contributed by atoms with Crippen LogP contribution in [-0.4, -0.2) is 35.6 Å². The average molecular weight is 288 g/mol. The van der Waals surface area contributed by atoms with E-state index in [1.807, 2.05) is 25.6 Å². The molecule has 5 heteroatoms. The van der Waals surface area contributed by atoms with Crippen LogP contribution in [0.15, 0.2) is 0 Å². The molecule has 0 bridgehead atoms. The van der Waals surface area contributed by atoms with Crippen LogP contribution >= 0.6 is 11.6 Å². The van der Waals surface area contributed by atoms with Gasteiger partial charge in [0, 0.05) is 32.7 Å². The molecule has 110 valence electrons. The summed E-state index contributed by atoms with van der Waals surface area (Å²) in [6.07, 6.45) is 3.07. The van der Waals surface area contributed by atoms with Gasteiger partial charge in [0.05, 0.1) is 16.4 Å². The molecule has 1 aromatic rings. The number of halogens is 1. The monoisotopic (exact) mass is 287 g/mol. The number of aryl methyl sites for hydroxylation is 2. The zero-order valence-electron chi connectivity index (χ0n) is 12.5. The van der Waals surface area contributed by atoms with E-state index in [0.717, 1.165) is 55.4 Å². The fourth-order valence-corrected chi connectivity index (χ4v) is 2.51. The zero-order chi connectivity index (χ0) is 14.3. The van der Waals surface area contributed by atoms with Crippen LogP contribution in [0, 0.1) is 6.92 Å². The van der Waals surface area contributed by atoms with Crippen LogP contribution in [0.4, 0.5) is 0 Å². The van der Waals surface area contributed by atoms with Gasteiger partial charge in [0.2, 0.25) is 0 Å². The Morgan fingerprint density at radius 1 is 1.42 bits per heavy atom. The molecule has 1 aromatic heterocycles. The summed E-state index contributed by atoms with van der Waals surface area (Å²) in [4.78, 5) is 0. The molecule has 0 amide bonds. The number of hydrogen-bond donors (Lipinski definition) is 1. The number of hydrogen-bond acceptors (Lipinski definition) is 3. The molecule has 0 radical (unpaired) electrons. The van der Waals surface area contributed by atoms with Gasteiger partial charge in [-0.2, -0.15) is 5.10 Å². The van der Waals surface area contributed by atoms with E-state index in [9.17, 15) is 0 Å². The maximum atomic E-state index is 6.31. The van der Waals surface area contributed by atoms with Crippen molar-refractivity contribution in [3.63, 3.8) is 0 Å². The van der Waals surface area contributed by atoms with Crippen molar-refractivity contribution < 1.29 is 4.74 Å². The van der Waals surface area contributed by atoms with E-state index in [0.29, 0.717) is 6.04 Å². The molecule has 0 saturated carbocycles. The van der Waals surface area contributed by atoms with Gasteiger partial charge in [-0.3, -0.25) is 4.68 Å². The van der Waals surface area contributed by atoms with Crippen molar-refractivity contribution in [1.82, 2.24) is 15.1 Å². The predicted octanol–water partition coefficient (Wildman–Crippen LogP) is 2.72. The fourth-order valence-electron chi connectivity index (χ4n) is 2.28. The molecule has 0 spiro atoms. The highest BCUT2D eigenvalue weighted by atomic mass is 35.5. The lowest BCUT2D eigenvalue weighted by Gasteiger charge is -2.18. The average Bonchev–Trinajstić information content (AvgIpc) is 2.61. The topological polar surface area (TPSA) is 39.1 Å². The largest absolute Gasteiger partial charge is 0.382 e. The number of aromatic nitrogens is 2. The van der Waals surface area contributed by atoms with Crippen LogP contribution in [0.1, 0.15) is 38.1 Å². The first-order chi connectivity index (χ1) is 9.10.